The summed E-state index contributed by atoms with van der Waals surface area (Å²) in [5.41, 5.74) is 8.36. The van der Waals surface area contributed by atoms with Gasteiger partial charge in [0.2, 0.25) is 17.7 Å². The molecule has 1 aromatic heterocycles. The molecule has 38 heavy (non-hydrogen) atoms. The lowest BCUT2D eigenvalue weighted by molar-refractivity contribution is -0.141. The highest BCUT2D eigenvalue weighted by molar-refractivity contribution is 5.91. The Labute approximate surface area is 224 Å². The zero-order valence-electron chi connectivity index (χ0n) is 22.7. The van der Waals surface area contributed by atoms with Crippen LogP contribution < -0.4 is 11.1 Å². The van der Waals surface area contributed by atoms with Crippen LogP contribution in [0.4, 0.5) is 0 Å². The van der Waals surface area contributed by atoms with Crippen LogP contribution in [0, 0.1) is 17.3 Å². The minimum absolute atomic E-state index is 0.0310. The Morgan fingerprint density at radius 1 is 1.08 bits per heavy atom. The number of nitrogens with one attached hydrogen (secondary N) is 2. The first-order chi connectivity index (χ1) is 18.0. The first-order valence-electron chi connectivity index (χ1n) is 13.4. The molecule has 1 fully saturated rings. The third-order valence-corrected chi connectivity index (χ3v) is 7.35. The average molecular weight is 518 g/mol. The Morgan fingerprint density at radius 2 is 1.76 bits per heavy atom. The molecule has 1 unspecified atom stereocenters. The van der Waals surface area contributed by atoms with Crippen LogP contribution in [-0.4, -0.2) is 39.1 Å². The summed E-state index contributed by atoms with van der Waals surface area (Å²) in [6.07, 6.45) is 2.09. The molecule has 3 aromatic rings. The Hall–Kier alpha value is -3.68. The fraction of sp³-hybridized carbons (Fsp3) is 0.467. The minimum Gasteiger partial charge on any atom is -0.369 e. The lowest BCUT2D eigenvalue weighted by atomic mass is 9.76. The van der Waals surface area contributed by atoms with E-state index in [1.54, 1.807) is 0 Å². The maximum absolute atomic E-state index is 13.7. The van der Waals surface area contributed by atoms with E-state index in [0.717, 1.165) is 29.4 Å². The zero-order chi connectivity index (χ0) is 27.4. The van der Waals surface area contributed by atoms with Gasteiger partial charge in [0.25, 0.3) is 0 Å². The van der Waals surface area contributed by atoms with Gasteiger partial charge in [-0.1, -0.05) is 63.2 Å². The van der Waals surface area contributed by atoms with Gasteiger partial charge in [-0.3, -0.25) is 14.4 Å². The van der Waals surface area contributed by atoms with Gasteiger partial charge in [0.05, 0.1) is 35.0 Å². The second-order valence-corrected chi connectivity index (χ2v) is 11.6. The molecule has 202 valence electrons. The van der Waals surface area contributed by atoms with Crippen LogP contribution in [0.15, 0.2) is 54.6 Å². The number of nitrogens with two attached hydrogens (primary N) is 1. The first-order valence-corrected chi connectivity index (χ1v) is 13.4. The zero-order valence-corrected chi connectivity index (χ0v) is 22.7. The highest BCUT2D eigenvalue weighted by Gasteiger charge is 2.40. The molecule has 2 aromatic carbocycles. The van der Waals surface area contributed by atoms with Crippen molar-refractivity contribution in [3.05, 3.63) is 66.0 Å². The first kappa shape index (κ1) is 27.4. The Morgan fingerprint density at radius 3 is 2.42 bits per heavy atom. The van der Waals surface area contributed by atoms with E-state index in [2.05, 4.69) is 15.3 Å². The van der Waals surface area contributed by atoms with E-state index in [1.807, 2.05) is 87.2 Å². The third kappa shape index (κ3) is 6.41. The van der Waals surface area contributed by atoms with Gasteiger partial charge in [0.1, 0.15) is 5.82 Å². The number of aromatic amines is 1. The van der Waals surface area contributed by atoms with Gasteiger partial charge in [0, 0.05) is 13.0 Å². The van der Waals surface area contributed by atoms with E-state index in [0.29, 0.717) is 18.8 Å². The van der Waals surface area contributed by atoms with Crippen molar-refractivity contribution in [2.75, 3.05) is 6.54 Å². The van der Waals surface area contributed by atoms with Crippen LogP contribution >= 0.6 is 0 Å². The van der Waals surface area contributed by atoms with Crippen molar-refractivity contribution in [3.8, 4) is 0 Å². The highest BCUT2D eigenvalue weighted by atomic mass is 16.2. The van der Waals surface area contributed by atoms with Crippen molar-refractivity contribution < 1.29 is 14.4 Å². The quantitative estimate of drug-likeness (QED) is 0.383. The molecule has 1 aliphatic rings. The van der Waals surface area contributed by atoms with Crippen LogP contribution in [0.5, 0.6) is 0 Å². The molecule has 8 heteroatoms. The topological polar surface area (TPSA) is 121 Å². The van der Waals surface area contributed by atoms with Gasteiger partial charge in [-0.2, -0.15) is 0 Å². The van der Waals surface area contributed by atoms with Gasteiger partial charge < -0.3 is 20.9 Å². The normalized spacial score (nSPS) is 18.2. The number of H-pyrrole nitrogens is 1. The Kier molecular flexibility index (Phi) is 8.19. The SMILES string of the molecule is C[C@H](NC(=O)[C@@H](CC(=O)N1CCC[C@@H]1c1ccccc1)C(CC(C)(C)C)C(N)=O)c1nc2ccccc2[nH]1. The third-order valence-electron chi connectivity index (χ3n) is 7.35. The number of likely N-dealkylation sites (tertiary alicyclic amines) is 1. The van der Waals surface area contributed by atoms with Crippen LogP contribution in [0.25, 0.3) is 11.0 Å². The molecule has 3 amide bonds. The van der Waals surface area contributed by atoms with Crippen molar-refractivity contribution in [1.82, 2.24) is 20.2 Å². The molecule has 0 aliphatic carbocycles. The van der Waals surface area contributed by atoms with Crippen molar-refractivity contribution >= 4 is 28.8 Å². The van der Waals surface area contributed by atoms with Gasteiger partial charge in [-0.15, -0.1) is 0 Å². The van der Waals surface area contributed by atoms with E-state index in [4.69, 9.17) is 5.73 Å². The Bertz CT molecular complexity index is 1250. The van der Waals surface area contributed by atoms with Crippen LogP contribution in [-0.2, 0) is 14.4 Å². The van der Waals surface area contributed by atoms with Gasteiger partial charge >= 0.3 is 0 Å². The second-order valence-electron chi connectivity index (χ2n) is 11.6. The van der Waals surface area contributed by atoms with Crippen LogP contribution in [0.1, 0.15) is 76.8 Å². The molecule has 1 aliphatic heterocycles. The summed E-state index contributed by atoms with van der Waals surface area (Å²) in [5, 5.41) is 3.01. The van der Waals surface area contributed by atoms with Crippen molar-refractivity contribution in [2.45, 2.75) is 65.5 Å². The number of nitrogens with zero attached hydrogens (tertiary/aromatic N) is 2. The monoisotopic (exact) mass is 517 g/mol. The van der Waals surface area contributed by atoms with Crippen molar-refractivity contribution in [3.63, 3.8) is 0 Å². The molecule has 4 N–H and O–H groups in total. The Balaban J connectivity index is 1.57. The number of amides is 3. The molecular formula is C30H39N5O3. The summed E-state index contributed by atoms with van der Waals surface area (Å²) in [6.45, 7) is 8.47. The molecule has 4 atom stereocenters. The van der Waals surface area contributed by atoms with E-state index in [-0.39, 0.29) is 29.7 Å². The summed E-state index contributed by atoms with van der Waals surface area (Å²) in [6, 6.07) is 17.1. The molecular weight excluding hydrogens is 478 g/mol. The summed E-state index contributed by atoms with van der Waals surface area (Å²) in [5.74, 6) is -2.12. The number of carbonyl (C=O) groups excluding carboxylic acids is 3. The van der Waals surface area contributed by atoms with E-state index >= 15 is 0 Å². The predicted molar refractivity (Wildman–Crippen MR) is 148 cm³/mol. The maximum Gasteiger partial charge on any atom is 0.225 e. The van der Waals surface area contributed by atoms with Gasteiger partial charge in [0.15, 0.2) is 0 Å². The molecule has 0 bridgehead atoms. The predicted octanol–water partition coefficient (Wildman–Crippen LogP) is 4.65. The standard InChI is InChI=1S/C30H39N5O3/c1-19(28-33-23-13-8-9-14-24(23)34-28)32-29(38)21(22(27(31)37)18-30(2,3)4)17-26(36)35-16-10-15-25(35)20-11-6-5-7-12-20/h5-9,11-14,19,21-22,25H,10,15-18H2,1-4H3,(H2,31,37)(H,32,38)(H,33,34)/t19-,21-,22?,25+/m0/s1. The number of benzene rings is 2. The smallest absolute Gasteiger partial charge is 0.225 e. The van der Waals surface area contributed by atoms with Crippen LogP contribution in [0.2, 0.25) is 0 Å². The number of fused-ring (bicyclic) bond motifs is 1. The van der Waals surface area contributed by atoms with E-state index < -0.39 is 23.8 Å². The molecule has 0 radical (unpaired) electrons. The van der Waals surface area contributed by atoms with Crippen molar-refractivity contribution in [1.29, 1.82) is 0 Å². The summed E-state index contributed by atoms with van der Waals surface area (Å²) in [7, 11) is 0. The number of primary amides is 1. The van der Waals surface area contributed by atoms with Gasteiger partial charge in [-0.25, -0.2) is 4.98 Å². The fourth-order valence-corrected chi connectivity index (χ4v) is 5.48. The highest BCUT2D eigenvalue weighted by Crippen LogP contribution is 2.35. The number of hydrogen-bond donors (Lipinski definition) is 3. The largest absolute Gasteiger partial charge is 0.369 e. The molecule has 1 saturated heterocycles. The fourth-order valence-electron chi connectivity index (χ4n) is 5.48. The lowest BCUT2D eigenvalue weighted by Gasteiger charge is -2.32. The second kappa shape index (κ2) is 11.4. The molecule has 8 nitrogen and oxygen atoms in total. The summed E-state index contributed by atoms with van der Waals surface area (Å²) >= 11 is 0. The number of rotatable bonds is 9. The molecule has 4 rings (SSSR count). The minimum atomic E-state index is -0.886. The summed E-state index contributed by atoms with van der Waals surface area (Å²) in [4.78, 5) is 49.8. The summed E-state index contributed by atoms with van der Waals surface area (Å²) < 4.78 is 0. The van der Waals surface area contributed by atoms with Crippen LogP contribution in [0.3, 0.4) is 0 Å². The van der Waals surface area contributed by atoms with E-state index in [9.17, 15) is 14.4 Å². The van der Waals surface area contributed by atoms with E-state index in [1.165, 1.54) is 0 Å². The maximum atomic E-state index is 13.7. The number of para-hydroxylation sites is 2. The molecule has 0 saturated carbocycles. The average Bonchev–Trinajstić information content (AvgIpc) is 3.53. The molecule has 2 heterocycles. The van der Waals surface area contributed by atoms with Crippen molar-refractivity contribution in [2.24, 2.45) is 23.0 Å². The number of carbonyl (C=O) groups is 3. The number of aromatic nitrogens is 2. The number of imidazole rings is 1. The van der Waals surface area contributed by atoms with Gasteiger partial charge in [-0.05, 0) is 49.3 Å². The lowest BCUT2D eigenvalue weighted by Crippen LogP contribution is -2.45. The molecule has 0 spiro atoms. The number of hydrogen-bond acceptors (Lipinski definition) is 4.